The van der Waals surface area contributed by atoms with Crippen molar-refractivity contribution in [2.45, 2.75) is 20.8 Å². The molecule has 3 aromatic rings. The van der Waals surface area contributed by atoms with Crippen LogP contribution in [0.15, 0.2) is 47.6 Å². The van der Waals surface area contributed by atoms with Crippen molar-refractivity contribution in [2.24, 2.45) is 5.10 Å². The van der Waals surface area contributed by atoms with Crippen molar-refractivity contribution in [1.82, 2.24) is 14.9 Å². The van der Waals surface area contributed by atoms with E-state index in [1.165, 1.54) is 16.7 Å². The minimum Gasteiger partial charge on any atom is -0.250 e. The van der Waals surface area contributed by atoms with Gasteiger partial charge in [-0.05, 0) is 44.1 Å². The molecule has 116 valence electrons. The molecule has 0 radical (unpaired) electrons. The summed E-state index contributed by atoms with van der Waals surface area (Å²) in [5.41, 5.74) is 5.66. The molecular weight excluding hydrogens is 304 g/mol. The van der Waals surface area contributed by atoms with Gasteiger partial charge in [-0.1, -0.05) is 53.6 Å². The van der Waals surface area contributed by atoms with E-state index in [1.807, 2.05) is 30.5 Å². The lowest BCUT2D eigenvalue weighted by molar-refractivity contribution is 0.871. The summed E-state index contributed by atoms with van der Waals surface area (Å²) in [4.78, 5) is 0. The van der Waals surface area contributed by atoms with Gasteiger partial charge in [0.25, 0.3) is 0 Å². The van der Waals surface area contributed by atoms with Gasteiger partial charge in [0.05, 0.1) is 6.21 Å². The Kier molecular flexibility index (Phi) is 4.21. The number of aromatic amines is 1. The van der Waals surface area contributed by atoms with Crippen molar-refractivity contribution in [3.63, 3.8) is 0 Å². The minimum absolute atomic E-state index is 0.474. The highest BCUT2D eigenvalue weighted by Crippen LogP contribution is 2.18. The average Bonchev–Trinajstić information content (AvgIpc) is 2.88. The van der Waals surface area contributed by atoms with Crippen molar-refractivity contribution >= 4 is 18.4 Å². The molecule has 0 atom stereocenters. The fraction of sp³-hybridized carbons (Fsp3) is 0.167. The maximum atomic E-state index is 5.30. The van der Waals surface area contributed by atoms with Crippen molar-refractivity contribution < 1.29 is 0 Å². The summed E-state index contributed by atoms with van der Waals surface area (Å²) in [7, 11) is 0. The predicted molar refractivity (Wildman–Crippen MR) is 96.5 cm³/mol. The minimum atomic E-state index is 0.474. The average molecular weight is 322 g/mol. The molecular formula is C18H18N4S. The zero-order valence-corrected chi connectivity index (χ0v) is 14.2. The molecule has 23 heavy (non-hydrogen) atoms. The van der Waals surface area contributed by atoms with Crippen LogP contribution in [0.3, 0.4) is 0 Å². The number of nitrogens with one attached hydrogen (secondary N) is 1. The van der Waals surface area contributed by atoms with E-state index in [0.29, 0.717) is 10.6 Å². The number of nitrogens with zero attached hydrogens (tertiary/aromatic N) is 3. The van der Waals surface area contributed by atoms with Crippen LogP contribution >= 0.6 is 12.2 Å². The maximum Gasteiger partial charge on any atom is 0.216 e. The van der Waals surface area contributed by atoms with Gasteiger partial charge >= 0.3 is 0 Å². The summed E-state index contributed by atoms with van der Waals surface area (Å²) < 4.78 is 2.13. The first kappa shape index (κ1) is 15.4. The van der Waals surface area contributed by atoms with Crippen molar-refractivity contribution in [3.8, 4) is 11.4 Å². The Labute approximate surface area is 140 Å². The molecule has 1 N–H and O–H groups in total. The molecule has 3 rings (SSSR count). The number of rotatable bonds is 3. The van der Waals surface area contributed by atoms with Gasteiger partial charge in [-0.15, -0.1) is 0 Å². The predicted octanol–water partition coefficient (Wildman–Crippen LogP) is 4.42. The molecule has 0 bridgehead atoms. The quantitative estimate of drug-likeness (QED) is 0.573. The van der Waals surface area contributed by atoms with Gasteiger partial charge in [0, 0.05) is 5.56 Å². The zero-order valence-electron chi connectivity index (χ0n) is 13.4. The van der Waals surface area contributed by atoms with E-state index < -0.39 is 0 Å². The molecule has 2 aromatic carbocycles. The standard InChI is InChI=1S/C18H18N4S/c1-12-4-7-15(8-5-12)17-20-21-18(23)22(17)19-11-16-9-6-13(2)10-14(16)3/h4-11H,1-3H3,(H,21,23)/b19-11-. The second kappa shape index (κ2) is 6.30. The summed E-state index contributed by atoms with van der Waals surface area (Å²) in [6.45, 7) is 6.21. The Morgan fingerprint density at radius 1 is 1.04 bits per heavy atom. The van der Waals surface area contributed by atoms with E-state index in [2.05, 4.69) is 54.3 Å². The Bertz CT molecular complexity index is 917. The van der Waals surface area contributed by atoms with Gasteiger partial charge in [-0.2, -0.15) is 14.9 Å². The molecule has 0 spiro atoms. The van der Waals surface area contributed by atoms with E-state index in [4.69, 9.17) is 12.2 Å². The molecule has 0 amide bonds. The molecule has 0 aliphatic rings. The Morgan fingerprint density at radius 3 is 2.43 bits per heavy atom. The number of benzene rings is 2. The molecule has 4 nitrogen and oxygen atoms in total. The van der Waals surface area contributed by atoms with Crippen LogP contribution in [0, 0.1) is 25.5 Å². The second-order valence-electron chi connectivity index (χ2n) is 5.63. The van der Waals surface area contributed by atoms with Gasteiger partial charge < -0.3 is 0 Å². The van der Waals surface area contributed by atoms with Gasteiger partial charge in [-0.3, -0.25) is 0 Å². The largest absolute Gasteiger partial charge is 0.250 e. The zero-order chi connectivity index (χ0) is 16.4. The molecule has 0 aliphatic heterocycles. The Hall–Kier alpha value is -2.53. The summed E-state index contributed by atoms with van der Waals surface area (Å²) in [6, 6.07) is 14.4. The molecule has 1 aromatic heterocycles. The highest BCUT2D eigenvalue weighted by Gasteiger charge is 2.07. The van der Waals surface area contributed by atoms with E-state index in [-0.39, 0.29) is 0 Å². The molecule has 5 heteroatoms. The molecule has 0 unspecified atom stereocenters. The first-order valence-electron chi connectivity index (χ1n) is 7.40. The lowest BCUT2D eigenvalue weighted by atomic mass is 10.1. The molecule has 0 saturated carbocycles. The lowest BCUT2D eigenvalue weighted by Gasteiger charge is -2.03. The summed E-state index contributed by atoms with van der Waals surface area (Å²) in [5.74, 6) is 0.705. The number of hydrogen-bond donors (Lipinski definition) is 1. The number of aryl methyl sites for hydroxylation is 3. The maximum absolute atomic E-state index is 5.30. The second-order valence-corrected chi connectivity index (χ2v) is 6.02. The monoisotopic (exact) mass is 322 g/mol. The van der Waals surface area contributed by atoms with Crippen LogP contribution in [0.25, 0.3) is 11.4 Å². The number of aromatic nitrogens is 3. The van der Waals surface area contributed by atoms with Crippen LogP contribution in [0.1, 0.15) is 22.3 Å². The van der Waals surface area contributed by atoms with E-state index in [1.54, 1.807) is 4.68 Å². The fourth-order valence-corrected chi connectivity index (χ4v) is 2.56. The highest BCUT2D eigenvalue weighted by molar-refractivity contribution is 7.71. The van der Waals surface area contributed by atoms with Gasteiger partial charge in [0.2, 0.25) is 4.77 Å². The van der Waals surface area contributed by atoms with E-state index >= 15 is 0 Å². The highest BCUT2D eigenvalue weighted by atomic mass is 32.1. The summed E-state index contributed by atoms with van der Waals surface area (Å²) >= 11 is 5.30. The third kappa shape index (κ3) is 3.29. The Morgan fingerprint density at radius 2 is 1.74 bits per heavy atom. The van der Waals surface area contributed by atoms with Crippen LogP contribution in [-0.2, 0) is 0 Å². The fourth-order valence-electron chi connectivity index (χ4n) is 2.38. The lowest BCUT2D eigenvalue weighted by Crippen LogP contribution is -1.96. The van der Waals surface area contributed by atoms with Gasteiger partial charge in [-0.25, -0.2) is 5.10 Å². The van der Waals surface area contributed by atoms with Crippen molar-refractivity contribution in [1.29, 1.82) is 0 Å². The van der Waals surface area contributed by atoms with Crippen LogP contribution in [0.2, 0.25) is 0 Å². The summed E-state index contributed by atoms with van der Waals surface area (Å²) in [5, 5.41) is 11.6. The molecule has 0 fully saturated rings. The van der Waals surface area contributed by atoms with Crippen molar-refractivity contribution in [3.05, 3.63) is 69.5 Å². The van der Waals surface area contributed by atoms with Crippen LogP contribution in [-0.4, -0.2) is 21.1 Å². The topological polar surface area (TPSA) is 46.0 Å². The SMILES string of the molecule is Cc1ccc(-c2n[nH]c(=S)n2/N=C\c2ccc(C)cc2C)cc1. The van der Waals surface area contributed by atoms with Crippen LogP contribution in [0.4, 0.5) is 0 Å². The Balaban J connectivity index is 2.00. The number of hydrogen-bond acceptors (Lipinski definition) is 3. The van der Waals surface area contributed by atoms with Crippen LogP contribution < -0.4 is 0 Å². The third-order valence-corrected chi connectivity index (χ3v) is 3.96. The smallest absolute Gasteiger partial charge is 0.216 e. The molecule has 1 heterocycles. The van der Waals surface area contributed by atoms with Crippen molar-refractivity contribution in [2.75, 3.05) is 0 Å². The molecule has 0 aliphatic carbocycles. The van der Waals surface area contributed by atoms with E-state index in [9.17, 15) is 0 Å². The van der Waals surface area contributed by atoms with E-state index in [0.717, 1.165) is 11.1 Å². The van der Waals surface area contributed by atoms with Crippen LogP contribution in [0.5, 0.6) is 0 Å². The first-order valence-corrected chi connectivity index (χ1v) is 7.81. The first-order chi connectivity index (χ1) is 11.0. The number of H-pyrrole nitrogens is 1. The van der Waals surface area contributed by atoms with Gasteiger partial charge in [0.1, 0.15) is 0 Å². The normalized spacial score (nSPS) is 11.3. The third-order valence-electron chi connectivity index (χ3n) is 3.70. The molecule has 0 saturated heterocycles. The van der Waals surface area contributed by atoms with Gasteiger partial charge in [0.15, 0.2) is 5.82 Å². The summed E-state index contributed by atoms with van der Waals surface area (Å²) in [6.07, 6.45) is 1.82.